The Morgan fingerprint density at radius 2 is 0.840 bits per heavy atom. The van der Waals surface area contributed by atoms with Gasteiger partial charge in [0.15, 0.2) is 16.6 Å². The lowest BCUT2D eigenvalue weighted by atomic mass is 10.4. The maximum Gasteiger partial charge on any atom is 0.182 e. The van der Waals surface area contributed by atoms with Crippen molar-refractivity contribution in [2.75, 3.05) is 0 Å². The Morgan fingerprint density at radius 3 is 1.08 bits per heavy atom. The highest BCUT2D eigenvalue weighted by atomic mass is 28.4. The minimum Gasteiger partial charge on any atom is -0.454 e. The second-order valence-electron chi connectivity index (χ2n) is 9.19. The van der Waals surface area contributed by atoms with Crippen molar-refractivity contribution < 1.29 is 4.12 Å². The predicted octanol–water partition coefficient (Wildman–Crippen LogP) is 8.42. The van der Waals surface area contributed by atoms with Gasteiger partial charge in [0, 0.05) is 0 Å². The van der Waals surface area contributed by atoms with Crippen LogP contribution in [0.4, 0.5) is 0 Å². The highest BCUT2D eigenvalue weighted by Gasteiger charge is 2.51. The molecule has 0 bridgehead atoms. The highest BCUT2D eigenvalue weighted by molar-refractivity contribution is 6.88. The molecule has 2 aliphatic rings. The second kappa shape index (κ2) is 10.7. The molecule has 25 heavy (non-hydrogen) atoms. The Morgan fingerprint density at radius 1 is 0.560 bits per heavy atom. The average Bonchev–Trinajstić information content (AvgIpc) is 3.30. The fourth-order valence-electron chi connectivity index (χ4n) is 6.44. The van der Waals surface area contributed by atoms with E-state index in [4.69, 9.17) is 4.12 Å². The molecular formula is C22H46OSi2. The Kier molecular flexibility index (Phi) is 9.25. The zero-order valence-electron chi connectivity index (χ0n) is 17.9. The maximum atomic E-state index is 7.83. The smallest absolute Gasteiger partial charge is 0.182 e. The third-order valence-electron chi connectivity index (χ3n) is 7.30. The number of hydrogen-bond donors (Lipinski definition) is 0. The van der Waals surface area contributed by atoms with Gasteiger partial charge in [0.2, 0.25) is 0 Å². The Balaban J connectivity index is 2.33. The molecule has 0 aromatic rings. The van der Waals surface area contributed by atoms with E-state index in [0.29, 0.717) is 0 Å². The van der Waals surface area contributed by atoms with Crippen LogP contribution in [0.1, 0.15) is 105 Å². The summed E-state index contributed by atoms with van der Waals surface area (Å²) in [6.07, 6.45) is 17.4. The molecule has 0 unspecified atom stereocenters. The van der Waals surface area contributed by atoms with Crippen LogP contribution in [0, 0.1) is 0 Å². The second-order valence-corrected chi connectivity index (χ2v) is 17.9. The molecule has 2 fully saturated rings. The lowest BCUT2D eigenvalue weighted by molar-refractivity contribution is 0.450. The van der Waals surface area contributed by atoms with E-state index in [-0.39, 0.29) is 0 Å². The quantitative estimate of drug-likeness (QED) is 0.308. The fourth-order valence-corrected chi connectivity index (χ4v) is 21.1. The van der Waals surface area contributed by atoms with Crippen LogP contribution in [0.15, 0.2) is 0 Å². The number of rotatable bonds is 12. The molecule has 2 rings (SSSR count). The van der Waals surface area contributed by atoms with Crippen LogP contribution in [-0.2, 0) is 4.12 Å². The molecule has 0 atom stereocenters. The molecule has 0 spiro atoms. The van der Waals surface area contributed by atoms with Crippen molar-refractivity contribution in [3.63, 3.8) is 0 Å². The van der Waals surface area contributed by atoms with Crippen molar-refractivity contribution in [3.05, 3.63) is 0 Å². The molecule has 0 heterocycles. The summed E-state index contributed by atoms with van der Waals surface area (Å²) in [5.74, 6) is 0. The summed E-state index contributed by atoms with van der Waals surface area (Å²) in [6.45, 7) is 9.70. The van der Waals surface area contributed by atoms with Crippen molar-refractivity contribution in [2.24, 2.45) is 0 Å². The first-order valence-electron chi connectivity index (χ1n) is 11.9. The lowest BCUT2D eigenvalue weighted by Gasteiger charge is -2.48. The van der Waals surface area contributed by atoms with Crippen LogP contribution in [-0.4, -0.2) is 16.6 Å². The summed E-state index contributed by atoms with van der Waals surface area (Å²) in [4.78, 5) is 0. The van der Waals surface area contributed by atoms with Gasteiger partial charge in [-0.15, -0.1) is 0 Å². The van der Waals surface area contributed by atoms with E-state index in [0.717, 1.165) is 11.1 Å². The van der Waals surface area contributed by atoms with Crippen LogP contribution in [0.2, 0.25) is 35.3 Å². The molecular weight excluding hydrogens is 336 g/mol. The third kappa shape index (κ3) is 5.22. The van der Waals surface area contributed by atoms with Gasteiger partial charge < -0.3 is 4.12 Å². The van der Waals surface area contributed by atoms with Crippen LogP contribution in [0.25, 0.3) is 0 Å². The molecule has 148 valence electrons. The average molecular weight is 383 g/mol. The van der Waals surface area contributed by atoms with E-state index < -0.39 is 16.6 Å². The molecule has 0 saturated heterocycles. The van der Waals surface area contributed by atoms with Crippen LogP contribution >= 0.6 is 0 Å². The van der Waals surface area contributed by atoms with Gasteiger partial charge in [-0.2, -0.15) is 0 Å². The molecule has 0 N–H and O–H groups in total. The maximum absolute atomic E-state index is 7.83. The van der Waals surface area contributed by atoms with Crippen molar-refractivity contribution in [3.8, 4) is 0 Å². The van der Waals surface area contributed by atoms with E-state index in [1.165, 1.54) is 101 Å². The summed E-state index contributed by atoms with van der Waals surface area (Å²) in [7, 11) is -3.16. The monoisotopic (exact) mass is 382 g/mol. The van der Waals surface area contributed by atoms with Gasteiger partial charge in [-0.1, -0.05) is 105 Å². The van der Waals surface area contributed by atoms with Crippen molar-refractivity contribution in [2.45, 2.75) is 140 Å². The standard InChI is InChI=1S/C22H46OSi2/c1-5-17-24(18-6-2,21-13-9-10-14-21)23-25(19-7-3,20-8-4)22-15-11-12-16-22/h21-22H,5-20H2,1-4H3. The lowest BCUT2D eigenvalue weighted by Crippen LogP contribution is -2.55. The zero-order chi connectivity index (χ0) is 18.2. The first-order valence-corrected chi connectivity index (χ1v) is 16.7. The SMILES string of the molecule is CCC[Si](CCC)(O[Si](CCC)(CCC)C1CCCC1)C1CCCC1. The Hall–Kier alpha value is 0.394. The molecule has 0 radical (unpaired) electrons. The van der Waals surface area contributed by atoms with Gasteiger partial charge in [0.1, 0.15) is 0 Å². The van der Waals surface area contributed by atoms with Gasteiger partial charge in [-0.3, -0.25) is 0 Å². The van der Waals surface area contributed by atoms with E-state index in [2.05, 4.69) is 27.7 Å². The summed E-state index contributed by atoms with van der Waals surface area (Å²) in [5.41, 5.74) is 1.99. The highest BCUT2D eigenvalue weighted by Crippen LogP contribution is 2.51. The van der Waals surface area contributed by atoms with Crippen molar-refractivity contribution >= 4 is 16.6 Å². The first kappa shape index (κ1) is 21.7. The minimum atomic E-state index is -1.58. The van der Waals surface area contributed by atoms with Gasteiger partial charge in [-0.05, 0) is 35.3 Å². The van der Waals surface area contributed by atoms with Crippen LogP contribution < -0.4 is 0 Å². The Bertz CT molecular complexity index is 313. The van der Waals surface area contributed by atoms with Crippen LogP contribution in [0.5, 0.6) is 0 Å². The molecule has 2 aliphatic carbocycles. The van der Waals surface area contributed by atoms with Crippen LogP contribution in [0.3, 0.4) is 0 Å². The molecule has 0 aromatic carbocycles. The van der Waals surface area contributed by atoms with Gasteiger partial charge in [-0.25, -0.2) is 0 Å². The van der Waals surface area contributed by atoms with Gasteiger partial charge >= 0.3 is 0 Å². The first-order chi connectivity index (χ1) is 12.2. The third-order valence-corrected chi connectivity index (χ3v) is 20.1. The molecule has 0 aromatic heterocycles. The molecule has 1 nitrogen and oxygen atoms in total. The molecule has 0 amide bonds. The van der Waals surface area contributed by atoms with Gasteiger partial charge in [0.25, 0.3) is 0 Å². The normalized spacial score (nSPS) is 20.6. The van der Waals surface area contributed by atoms with Crippen molar-refractivity contribution in [1.82, 2.24) is 0 Å². The molecule has 0 aliphatic heterocycles. The summed E-state index contributed by atoms with van der Waals surface area (Å²) >= 11 is 0. The van der Waals surface area contributed by atoms with E-state index in [9.17, 15) is 0 Å². The largest absolute Gasteiger partial charge is 0.454 e. The summed E-state index contributed by atoms with van der Waals surface area (Å²) < 4.78 is 7.83. The molecule has 2 saturated carbocycles. The van der Waals surface area contributed by atoms with E-state index in [1.807, 2.05) is 0 Å². The zero-order valence-corrected chi connectivity index (χ0v) is 19.9. The summed E-state index contributed by atoms with van der Waals surface area (Å²) in [6, 6.07) is 5.83. The minimum absolute atomic E-state index is 0.995. The van der Waals surface area contributed by atoms with E-state index in [1.54, 1.807) is 0 Å². The molecule has 3 heteroatoms. The van der Waals surface area contributed by atoms with Gasteiger partial charge in [0.05, 0.1) is 0 Å². The van der Waals surface area contributed by atoms with E-state index >= 15 is 0 Å². The topological polar surface area (TPSA) is 9.23 Å². The predicted molar refractivity (Wildman–Crippen MR) is 117 cm³/mol. The fraction of sp³-hybridized carbons (Fsp3) is 1.00. The Labute approximate surface area is 161 Å². The van der Waals surface area contributed by atoms with Crippen molar-refractivity contribution in [1.29, 1.82) is 0 Å². The summed E-state index contributed by atoms with van der Waals surface area (Å²) in [5, 5.41) is 0. The number of hydrogen-bond acceptors (Lipinski definition) is 1.